The number of amides is 2. The number of anilines is 1. The van der Waals surface area contributed by atoms with Crippen molar-refractivity contribution in [2.45, 2.75) is 46.2 Å². The average Bonchev–Trinajstić information content (AvgIpc) is 2.77. The lowest BCUT2D eigenvalue weighted by atomic mass is 10.1. The van der Waals surface area contributed by atoms with Crippen LogP contribution in [0.5, 0.6) is 0 Å². The van der Waals surface area contributed by atoms with E-state index < -0.39 is 28.5 Å². The van der Waals surface area contributed by atoms with Crippen LogP contribution >= 0.6 is 15.9 Å². The van der Waals surface area contributed by atoms with E-state index in [-0.39, 0.29) is 12.5 Å². The molecule has 180 valence electrons. The molecule has 0 aliphatic heterocycles. The number of hydrogen-bond acceptors (Lipinski definition) is 4. The van der Waals surface area contributed by atoms with Gasteiger partial charge in [-0.2, -0.15) is 0 Å². The molecule has 0 aromatic heterocycles. The molecular formula is C24H32BrN3O4S. The van der Waals surface area contributed by atoms with Gasteiger partial charge in [0.2, 0.25) is 21.8 Å². The van der Waals surface area contributed by atoms with E-state index in [1.54, 1.807) is 24.3 Å². The van der Waals surface area contributed by atoms with Gasteiger partial charge in [-0.15, -0.1) is 0 Å². The molecule has 0 heterocycles. The topological polar surface area (TPSA) is 86.8 Å². The Balaban J connectivity index is 2.42. The molecule has 7 nitrogen and oxygen atoms in total. The first kappa shape index (κ1) is 26.9. The summed E-state index contributed by atoms with van der Waals surface area (Å²) in [7, 11) is -3.76. The van der Waals surface area contributed by atoms with Gasteiger partial charge in [-0.25, -0.2) is 8.42 Å². The van der Waals surface area contributed by atoms with E-state index in [1.807, 2.05) is 45.0 Å². The van der Waals surface area contributed by atoms with E-state index in [9.17, 15) is 18.0 Å². The molecule has 2 aromatic rings. The van der Waals surface area contributed by atoms with Crippen LogP contribution in [-0.4, -0.2) is 50.5 Å². The summed E-state index contributed by atoms with van der Waals surface area (Å²) < 4.78 is 26.8. The van der Waals surface area contributed by atoms with Crippen molar-refractivity contribution < 1.29 is 18.0 Å². The van der Waals surface area contributed by atoms with Crippen molar-refractivity contribution in [1.29, 1.82) is 0 Å². The molecule has 0 spiro atoms. The second-order valence-corrected chi connectivity index (χ2v) is 10.7. The number of nitrogens with one attached hydrogen (secondary N) is 1. The monoisotopic (exact) mass is 537 g/mol. The van der Waals surface area contributed by atoms with Crippen molar-refractivity contribution >= 4 is 43.5 Å². The molecule has 2 amide bonds. The standard InChI is InChI=1S/C24H32BrN3O4S/c1-5-15-26-24(30)21(6-2)27(16-19-13-11-18(3)12-14-19)23(29)17-28(33(4,31)32)22-10-8-7-9-20(22)25/h7-14,21H,5-6,15-17H2,1-4H3,(H,26,30)/t21-/m0/s1. The molecule has 0 saturated carbocycles. The predicted octanol–water partition coefficient (Wildman–Crippen LogP) is 3.86. The Hall–Kier alpha value is -2.39. The Kier molecular flexibility index (Phi) is 9.91. The lowest BCUT2D eigenvalue weighted by Gasteiger charge is -2.33. The molecule has 33 heavy (non-hydrogen) atoms. The summed E-state index contributed by atoms with van der Waals surface area (Å²) in [5.74, 6) is -0.693. The van der Waals surface area contributed by atoms with E-state index >= 15 is 0 Å². The van der Waals surface area contributed by atoms with Crippen molar-refractivity contribution in [3.05, 3.63) is 64.1 Å². The molecule has 2 rings (SSSR count). The minimum absolute atomic E-state index is 0.199. The molecule has 2 aromatic carbocycles. The number of carbonyl (C=O) groups excluding carboxylic acids is 2. The molecule has 0 fully saturated rings. The maximum atomic E-state index is 13.6. The molecule has 0 saturated heterocycles. The molecule has 1 atom stereocenters. The van der Waals surface area contributed by atoms with Crippen LogP contribution in [0.2, 0.25) is 0 Å². The van der Waals surface area contributed by atoms with Gasteiger partial charge in [-0.05, 0) is 53.4 Å². The number of carbonyl (C=O) groups is 2. The summed E-state index contributed by atoms with van der Waals surface area (Å²) in [4.78, 5) is 27.9. The van der Waals surface area contributed by atoms with Crippen LogP contribution < -0.4 is 9.62 Å². The molecule has 0 radical (unpaired) electrons. The van der Waals surface area contributed by atoms with Gasteiger partial charge in [-0.3, -0.25) is 13.9 Å². The summed E-state index contributed by atoms with van der Waals surface area (Å²) in [5.41, 5.74) is 2.32. The van der Waals surface area contributed by atoms with E-state index in [2.05, 4.69) is 21.2 Å². The Morgan fingerprint density at radius 2 is 1.70 bits per heavy atom. The fraction of sp³-hybridized carbons (Fsp3) is 0.417. The fourth-order valence-electron chi connectivity index (χ4n) is 3.42. The lowest BCUT2D eigenvalue weighted by Crippen LogP contribution is -2.52. The highest BCUT2D eigenvalue weighted by Gasteiger charge is 2.32. The highest BCUT2D eigenvalue weighted by molar-refractivity contribution is 9.10. The summed E-state index contributed by atoms with van der Waals surface area (Å²) >= 11 is 3.38. The number of rotatable bonds is 11. The largest absolute Gasteiger partial charge is 0.354 e. The highest BCUT2D eigenvalue weighted by atomic mass is 79.9. The van der Waals surface area contributed by atoms with Gasteiger partial charge in [0.1, 0.15) is 12.6 Å². The Bertz CT molecular complexity index is 1060. The molecule has 1 N–H and O–H groups in total. The van der Waals surface area contributed by atoms with Gasteiger partial charge in [0.15, 0.2) is 0 Å². The van der Waals surface area contributed by atoms with Crippen LogP contribution in [0.4, 0.5) is 5.69 Å². The average molecular weight is 539 g/mol. The number of aryl methyl sites for hydroxylation is 1. The number of halogens is 1. The molecule has 0 bridgehead atoms. The first-order valence-electron chi connectivity index (χ1n) is 10.9. The van der Waals surface area contributed by atoms with Gasteiger partial charge in [-0.1, -0.05) is 55.8 Å². The maximum Gasteiger partial charge on any atom is 0.244 e. The zero-order valence-electron chi connectivity index (χ0n) is 19.5. The first-order valence-corrected chi connectivity index (χ1v) is 13.6. The van der Waals surface area contributed by atoms with E-state index in [0.29, 0.717) is 23.1 Å². The van der Waals surface area contributed by atoms with Crippen molar-refractivity contribution in [1.82, 2.24) is 10.2 Å². The first-order chi connectivity index (χ1) is 15.6. The maximum absolute atomic E-state index is 13.6. The number of sulfonamides is 1. The third kappa shape index (κ3) is 7.57. The van der Waals surface area contributed by atoms with Gasteiger partial charge in [0, 0.05) is 17.6 Å². The van der Waals surface area contributed by atoms with Gasteiger partial charge < -0.3 is 10.2 Å². The molecular weight excluding hydrogens is 506 g/mol. The summed E-state index contributed by atoms with van der Waals surface area (Å²) in [6, 6.07) is 13.8. The SMILES string of the molecule is CCCNC(=O)[C@H](CC)N(Cc1ccc(C)cc1)C(=O)CN(c1ccccc1Br)S(C)(=O)=O. The quantitative estimate of drug-likeness (QED) is 0.471. The van der Waals surface area contributed by atoms with Crippen LogP contribution in [0.15, 0.2) is 53.0 Å². The Labute approximate surface area is 205 Å². The summed E-state index contributed by atoms with van der Waals surface area (Å²) in [6.07, 6.45) is 2.24. The van der Waals surface area contributed by atoms with E-state index in [4.69, 9.17) is 0 Å². The Morgan fingerprint density at radius 1 is 1.06 bits per heavy atom. The molecule has 0 aliphatic rings. The van der Waals surface area contributed by atoms with Crippen LogP contribution in [0.3, 0.4) is 0 Å². The van der Waals surface area contributed by atoms with Crippen LogP contribution in [0, 0.1) is 6.92 Å². The van der Waals surface area contributed by atoms with Crippen molar-refractivity contribution in [2.24, 2.45) is 0 Å². The van der Waals surface area contributed by atoms with Gasteiger partial charge in [0.05, 0.1) is 11.9 Å². The third-order valence-corrected chi connectivity index (χ3v) is 7.01. The molecule has 0 aliphatic carbocycles. The molecule has 0 unspecified atom stereocenters. The van der Waals surface area contributed by atoms with Crippen LogP contribution in [-0.2, 0) is 26.2 Å². The lowest BCUT2D eigenvalue weighted by molar-refractivity contribution is -0.140. The fourth-order valence-corrected chi connectivity index (χ4v) is 4.90. The van der Waals surface area contributed by atoms with Crippen molar-refractivity contribution in [2.75, 3.05) is 23.7 Å². The van der Waals surface area contributed by atoms with Crippen molar-refractivity contribution in [3.63, 3.8) is 0 Å². The zero-order valence-corrected chi connectivity index (χ0v) is 21.9. The number of benzene rings is 2. The second-order valence-electron chi connectivity index (χ2n) is 7.94. The zero-order chi connectivity index (χ0) is 24.6. The highest BCUT2D eigenvalue weighted by Crippen LogP contribution is 2.28. The summed E-state index contributed by atoms with van der Waals surface area (Å²) in [5, 5.41) is 2.87. The Morgan fingerprint density at radius 3 is 2.24 bits per heavy atom. The van der Waals surface area contributed by atoms with Crippen molar-refractivity contribution in [3.8, 4) is 0 Å². The van der Waals surface area contributed by atoms with E-state index in [1.165, 1.54) is 4.90 Å². The predicted molar refractivity (Wildman–Crippen MR) is 135 cm³/mol. The number of para-hydroxylation sites is 1. The second kappa shape index (κ2) is 12.2. The smallest absolute Gasteiger partial charge is 0.244 e. The minimum atomic E-state index is -3.76. The van der Waals surface area contributed by atoms with Crippen LogP contribution in [0.25, 0.3) is 0 Å². The molecule has 9 heteroatoms. The number of nitrogens with zero attached hydrogens (tertiary/aromatic N) is 2. The van der Waals surface area contributed by atoms with Gasteiger partial charge >= 0.3 is 0 Å². The van der Waals surface area contributed by atoms with Gasteiger partial charge in [0.25, 0.3) is 0 Å². The number of hydrogen-bond donors (Lipinski definition) is 1. The minimum Gasteiger partial charge on any atom is -0.354 e. The van der Waals surface area contributed by atoms with Crippen LogP contribution in [0.1, 0.15) is 37.8 Å². The summed E-state index contributed by atoms with van der Waals surface area (Å²) in [6.45, 7) is 6.07. The third-order valence-electron chi connectivity index (χ3n) is 5.21. The van der Waals surface area contributed by atoms with E-state index in [0.717, 1.165) is 28.1 Å². The normalized spacial score (nSPS) is 12.2.